The van der Waals surface area contributed by atoms with Gasteiger partial charge in [-0.15, -0.1) is 0 Å². The van der Waals surface area contributed by atoms with E-state index in [0.29, 0.717) is 16.9 Å². The van der Waals surface area contributed by atoms with Crippen molar-refractivity contribution in [2.24, 2.45) is 0 Å². The van der Waals surface area contributed by atoms with Gasteiger partial charge < -0.3 is 15.4 Å². The van der Waals surface area contributed by atoms with E-state index in [-0.39, 0.29) is 0 Å². The van der Waals surface area contributed by atoms with Crippen molar-refractivity contribution in [3.05, 3.63) is 65.9 Å². The zero-order chi connectivity index (χ0) is 17.8. The predicted octanol–water partition coefficient (Wildman–Crippen LogP) is 3.97. The number of methoxy groups -OCH3 is 1. The van der Waals surface area contributed by atoms with Crippen molar-refractivity contribution in [2.45, 2.75) is 6.92 Å². The number of ether oxygens (including phenoxy) is 1. The number of anilines is 2. The summed E-state index contributed by atoms with van der Waals surface area (Å²) in [4.78, 5) is 28.3. The molecule has 0 saturated heterocycles. The van der Waals surface area contributed by atoms with Gasteiger partial charge in [-0.25, -0.2) is 9.59 Å². The third-order valence-electron chi connectivity index (χ3n) is 3.63. The third kappa shape index (κ3) is 3.74. The summed E-state index contributed by atoms with van der Waals surface area (Å²) in [5, 5.41) is 6.40. The fourth-order valence-electron chi connectivity index (χ4n) is 2.54. The van der Waals surface area contributed by atoms with Crippen LogP contribution in [0.1, 0.15) is 16.1 Å². The summed E-state index contributed by atoms with van der Waals surface area (Å²) < 4.78 is 4.68. The first kappa shape index (κ1) is 16.4. The highest BCUT2D eigenvalue weighted by Crippen LogP contribution is 2.23. The lowest BCUT2D eigenvalue weighted by Gasteiger charge is -2.11. The van der Waals surface area contributed by atoms with Gasteiger partial charge in [0.15, 0.2) is 0 Å². The van der Waals surface area contributed by atoms with Gasteiger partial charge in [-0.05, 0) is 37.3 Å². The number of nitrogens with zero attached hydrogens (tertiary/aromatic N) is 1. The Bertz CT molecular complexity index is 954. The summed E-state index contributed by atoms with van der Waals surface area (Å²) in [6.45, 7) is 1.87. The van der Waals surface area contributed by atoms with E-state index in [1.165, 1.54) is 7.11 Å². The van der Waals surface area contributed by atoms with Crippen LogP contribution in [-0.2, 0) is 4.74 Å². The molecule has 25 heavy (non-hydrogen) atoms. The van der Waals surface area contributed by atoms with Gasteiger partial charge in [0.25, 0.3) is 0 Å². The monoisotopic (exact) mass is 335 g/mol. The SMILES string of the molecule is COC(=O)c1cccc(NC(=O)Nc2cc(C)nc3ccccc23)c1. The molecule has 6 nitrogen and oxygen atoms in total. The van der Waals surface area contributed by atoms with Gasteiger partial charge in [-0.1, -0.05) is 24.3 Å². The van der Waals surface area contributed by atoms with E-state index >= 15 is 0 Å². The molecule has 0 fully saturated rings. The Labute approximate surface area is 144 Å². The number of benzene rings is 2. The van der Waals surface area contributed by atoms with Crippen LogP contribution in [0.15, 0.2) is 54.6 Å². The fourth-order valence-corrected chi connectivity index (χ4v) is 2.54. The lowest BCUT2D eigenvalue weighted by molar-refractivity contribution is 0.0600. The average molecular weight is 335 g/mol. The molecule has 126 valence electrons. The molecule has 3 rings (SSSR count). The Morgan fingerprint density at radius 2 is 1.80 bits per heavy atom. The van der Waals surface area contributed by atoms with E-state index in [9.17, 15) is 9.59 Å². The topological polar surface area (TPSA) is 80.3 Å². The zero-order valence-electron chi connectivity index (χ0n) is 13.9. The maximum Gasteiger partial charge on any atom is 0.337 e. The van der Waals surface area contributed by atoms with Crippen LogP contribution in [0.3, 0.4) is 0 Å². The van der Waals surface area contributed by atoms with Crippen LogP contribution in [0.4, 0.5) is 16.2 Å². The van der Waals surface area contributed by atoms with Gasteiger partial charge in [0, 0.05) is 16.8 Å². The minimum absolute atomic E-state index is 0.366. The number of pyridine rings is 1. The highest BCUT2D eigenvalue weighted by molar-refractivity contribution is 6.06. The Morgan fingerprint density at radius 3 is 2.60 bits per heavy atom. The number of hydrogen-bond acceptors (Lipinski definition) is 4. The Morgan fingerprint density at radius 1 is 1.00 bits per heavy atom. The number of carbonyl (C=O) groups is 2. The highest BCUT2D eigenvalue weighted by atomic mass is 16.5. The van der Waals surface area contributed by atoms with Crippen molar-refractivity contribution in [2.75, 3.05) is 17.7 Å². The maximum atomic E-state index is 12.3. The summed E-state index contributed by atoms with van der Waals surface area (Å²) >= 11 is 0. The molecule has 0 radical (unpaired) electrons. The number of aromatic nitrogens is 1. The van der Waals surface area contributed by atoms with E-state index in [1.54, 1.807) is 24.3 Å². The van der Waals surface area contributed by atoms with Crippen molar-refractivity contribution < 1.29 is 14.3 Å². The smallest absolute Gasteiger partial charge is 0.337 e. The number of rotatable bonds is 3. The Kier molecular flexibility index (Phi) is 4.61. The standard InChI is InChI=1S/C19H17N3O3/c1-12-10-17(15-8-3-4-9-16(15)20-12)22-19(24)21-14-7-5-6-13(11-14)18(23)25-2/h3-11H,1-2H3,(H2,20,21,22,24). The third-order valence-corrected chi connectivity index (χ3v) is 3.63. The predicted molar refractivity (Wildman–Crippen MR) is 96.9 cm³/mol. The Hall–Kier alpha value is -3.41. The molecule has 0 aliphatic rings. The molecule has 1 aromatic heterocycles. The number of esters is 1. The maximum absolute atomic E-state index is 12.3. The van der Waals surface area contributed by atoms with Gasteiger partial charge in [0.2, 0.25) is 0 Å². The Balaban J connectivity index is 1.81. The lowest BCUT2D eigenvalue weighted by atomic mass is 10.1. The molecular formula is C19H17N3O3. The second-order valence-electron chi connectivity index (χ2n) is 5.48. The van der Waals surface area contributed by atoms with Crippen LogP contribution in [0.25, 0.3) is 10.9 Å². The van der Waals surface area contributed by atoms with Gasteiger partial charge in [0.1, 0.15) is 0 Å². The van der Waals surface area contributed by atoms with E-state index in [0.717, 1.165) is 16.6 Å². The molecule has 0 unspecified atom stereocenters. The number of fused-ring (bicyclic) bond motifs is 1. The number of urea groups is 1. The van der Waals surface area contributed by atoms with Crippen molar-refractivity contribution >= 4 is 34.3 Å². The first-order valence-electron chi connectivity index (χ1n) is 7.69. The summed E-state index contributed by atoms with van der Waals surface area (Å²) in [7, 11) is 1.31. The molecule has 0 aliphatic heterocycles. The van der Waals surface area contributed by atoms with E-state index in [1.807, 2.05) is 37.3 Å². The summed E-state index contributed by atoms with van der Waals surface area (Å²) in [6, 6.07) is 15.5. The molecule has 2 amide bonds. The molecule has 0 bridgehead atoms. The van der Waals surface area contributed by atoms with Crippen molar-refractivity contribution in [3.63, 3.8) is 0 Å². The number of nitrogens with one attached hydrogen (secondary N) is 2. The molecule has 3 aromatic rings. The number of hydrogen-bond donors (Lipinski definition) is 2. The highest BCUT2D eigenvalue weighted by Gasteiger charge is 2.10. The van der Waals surface area contributed by atoms with Crippen LogP contribution in [-0.4, -0.2) is 24.1 Å². The fraction of sp³-hybridized carbons (Fsp3) is 0.105. The van der Waals surface area contributed by atoms with Crippen molar-refractivity contribution in [1.29, 1.82) is 0 Å². The first-order chi connectivity index (χ1) is 12.1. The van der Waals surface area contributed by atoms with Crippen molar-refractivity contribution in [3.8, 4) is 0 Å². The lowest BCUT2D eigenvalue weighted by Crippen LogP contribution is -2.20. The normalized spacial score (nSPS) is 10.3. The van der Waals surface area contributed by atoms with Gasteiger partial charge in [-0.3, -0.25) is 4.98 Å². The second kappa shape index (κ2) is 7.00. The molecule has 1 heterocycles. The van der Waals surface area contributed by atoms with Crippen LogP contribution in [0.2, 0.25) is 0 Å². The average Bonchev–Trinajstić information content (AvgIpc) is 2.61. The quantitative estimate of drug-likeness (QED) is 0.710. The molecule has 6 heteroatoms. The van der Waals surface area contributed by atoms with Crippen molar-refractivity contribution in [1.82, 2.24) is 4.98 Å². The number of amides is 2. The summed E-state index contributed by atoms with van der Waals surface area (Å²) in [5.41, 5.74) is 3.15. The molecule has 0 spiro atoms. The van der Waals surface area contributed by atoms with Gasteiger partial charge in [-0.2, -0.15) is 0 Å². The van der Waals surface area contributed by atoms with Gasteiger partial charge >= 0.3 is 12.0 Å². The van der Waals surface area contributed by atoms with Crippen LogP contribution in [0, 0.1) is 6.92 Å². The minimum atomic E-state index is -0.459. The summed E-state index contributed by atoms with van der Waals surface area (Å²) in [6.07, 6.45) is 0. The molecule has 2 aromatic carbocycles. The molecule has 0 aliphatic carbocycles. The van der Waals surface area contributed by atoms with E-state index in [2.05, 4.69) is 20.4 Å². The molecule has 0 atom stereocenters. The zero-order valence-corrected chi connectivity index (χ0v) is 13.9. The van der Waals surface area contributed by atoms with E-state index < -0.39 is 12.0 Å². The van der Waals surface area contributed by atoms with E-state index in [4.69, 9.17) is 0 Å². The number of aryl methyl sites for hydroxylation is 1. The second-order valence-corrected chi connectivity index (χ2v) is 5.48. The molecular weight excluding hydrogens is 318 g/mol. The summed E-state index contributed by atoms with van der Waals surface area (Å²) in [5.74, 6) is -0.459. The first-order valence-corrected chi connectivity index (χ1v) is 7.69. The van der Waals surface area contributed by atoms with Crippen LogP contribution >= 0.6 is 0 Å². The molecule has 0 saturated carbocycles. The molecule has 2 N–H and O–H groups in total. The number of para-hydroxylation sites is 1. The minimum Gasteiger partial charge on any atom is -0.465 e. The largest absolute Gasteiger partial charge is 0.465 e. The van der Waals surface area contributed by atoms with Crippen LogP contribution in [0.5, 0.6) is 0 Å². The van der Waals surface area contributed by atoms with Gasteiger partial charge in [0.05, 0.1) is 23.9 Å². The number of carbonyl (C=O) groups excluding carboxylic acids is 2. The van der Waals surface area contributed by atoms with Crippen LogP contribution < -0.4 is 10.6 Å².